The number of hydrogen-bond acceptors (Lipinski definition) is 4. The Labute approximate surface area is 97.4 Å². The maximum Gasteiger partial charge on any atom is 0.410 e. The van der Waals surface area contributed by atoms with Crippen LogP contribution in [-0.2, 0) is 17.7 Å². The lowest BCUT2D eigenvalue weighted by Crippen LogP contribution is -2.36. The molecule has 1 aliphatic rings. The number of nitrogens with zero attached hydrogens (tertiary/aromatic N) is 2. The summed E-state index contributed by atoms with van der Waals surface area (Å²) in [5.41, 5.74) is 1.39. The summed E-state index contributed by atoms with van der Waals surface area (Å²) in [5, 5.41) is 15.3. The molecule has 92 valence electrons. The molecule has 7 heteroatoms. The molecule has 0 aliphatic carbocycles. The van der Waals surface area contributed by atoms with Crippen molar-refractivity contribution >= 4 is 12.1 Å². The Kier molecular flexibility index (Phi) is 2.99. The van der Waals surface area contributed by atoms with Gasteiger partial charge in [0, 0.05) is 12.1 Å². The van der Waals surface area contributed by atoms with Gasteiger partial charge in [-0.3, -0.25) is 5.10 Å². The van der Waals surface area contributed by atoms with E-state index in [0.717, 1.165) is 0 Å². The second-order valence-corrected chi connectivity index (χ2v) is 3.70. The molecule has 1 aromatic rings. The zero-order valence-corrected chi connectivity index (χ0v) is 9.39. The molecule has 2 N–H and O–H groups in total. The third-order valence-electron chi connectivity index (χ3n) is 2.66. The molecular formula is C10H13N3O4. The van der Waals surface area contributed by atoms with Gasteiger partial charge in [-0.1, -0.05) is 0 Å². The zero-order valence-electron chi connectivity index (χ0n) is 9.39. The van der Waals surface area contributed by atoms with Gasteiger partial charge in [-0.15, -0.1) is 0 Å². The lowest BCUT2D eigenvalue weighted by atomic mass is 10.1. The number of aromatic carboxylic acids is 1. The largest absolute Gasteiger partial charge is 0.476 e. The molecule has 0 unspecified atom stereocenters. The van der Waals surface area contributed by atoms with Crippen molar-refractivity contribution in [3.63, 3.8) is 0 Å². The van der Waals surface area contributed by atoms with Crippen LogP contribution in [0.15, 0.2) is 0 Å². The maximum atomic E-state index is 11.5. The van der Waals surface area contributed by atoms with Crippen molar-refractivity contribution in [2.45, 2.75) is 19.9 Å². The molecule has 7 nitrogen and oxygen atoms in total. The summed E-state index contributed by atoms with van der Waals surface area (Å²) in [6.45, 7) is 2.83. The van der Waals surface area contributed by atoms with Gasteiger partial charge in [0.1, 0.15) is 0 Å². The predicted molar refractivity (Wildman–Crippen MR) is 56.7 cm³/mol. The van der Waals surface area contributed by atoms with Crippen LogP contribution < -0.4 is 0 Å². The molecule has 0 atom stereocenters. The molecule has 2 rings (SSSR count). The van der Waals surface area contributed by atoms with E-state index in [1.807, 2.05) is 0 Å². The highest BCUT2D eigenvalue weighted by molar-refractivity contribution is 5.87. The predicted octanol–water partition coefficient (Wildman–Crippen LogP) is 0.622. The Morgan fingerprint density at radius 2 is 2.35 bits per heavy atom. The number of carboxylic acid groups (broad SMARTS) is 1. The monoisotopic (exact) mass is 239 g/mol. The number of nitrogens with one attached hydrogen (secondary N) is 1. The molecule has 1 aromatic heterocycles. The number of fused-ring (bicyclic) bond motifs is 1. The van der Waals surface area contributed by atoms with Gasteiger partial charge in [0.25, 0.3) is 0 Å². The first kappa shape index (κ1) is 11.4. The smallest absolute Gasteiger partial charge is 0.410 e. The fourth-order valence-corrected chi connectivity index (χ4v) is 1.87. The van der Waals surface area contributed by atoms with E-state index in [-0.39, 0.29) is 11.8 Å². The second-order valence-electron chi connectivity index (χ2n) is 3.70. The molecular weight excluding hydrogens is 226 g/mol. The maximum absolute atomic E-state index is 11.5. The SMILES string of the molecule is CCOC(=O)N1CCc2c(C(=O)O)n[nH]c2C1. The van der Waals surface area contributed by atoms with Crippen molar-refractivity contribution < 1.29 is 19.4 Å². The van der Waals surface area contributed by atoms with Crippen molar-refractivity contribution in [2.24, 2.45) is 0 Å². The van der Waals surface area contributed by atoms with Crippen LogP contribution in [0.2, 0.25) is 0 Å². The van der Waals surface area contributed by atoms with E-state index in [9.17, 15) is 9.59 Å². The van der Waals surface area contributed by atoms with E-state index < -0.39 is 5.97 Å². The molecule has 0 aromatic carbocycles. The first-order chi connectivity index (χ1) is 8.13. The average Bonchev–Trinajstić information content (AvgIpc) is 2.71. The van der Waals surface area contributed by atoms with Crippen molar-refractivity contribution in [3.8, 4) is 0 Å². The molecule has 0 bridgehead atoms. The van der Waals surface area contributed by atoms with Crippen LogP contribution in [0.4, 0.5) is 4.79 Å². The number of amides is 1. The Morgan fingerprint density at radius 3 is 3.00 bits per heavy atom. The quantitative estimate of drug-likeness (QED) is 0.788. The summed E-state index contributed by atoms with van der Waals surface area (Å²) in [5.74, 6) is -1.05. The summed E-state index contributed by atoms with van der Waals surface area (Å²) in [7, 11) is 0. The minimum atomic E-state index is -1.05. The molecule has 0 saturated heterocycles. The third kappa shape index (κ3) is 2.08. The number of H-pyrrole nitrogens is 1. The van der Waals surface area contributed by atoms with Crippen molar-refractivity contribution in [1.29, 1.82) is 0 Å². The molecule has 2 heterocycles. The Bertz CT molecular complexity index is 454. The number of carboxylic acids is 1. The van der Waals surface area contributed by atoms with E-state index in [1.165, 1.54) is 4.90 Å². The summed E-state index contributed by atoms with van der Waals surface area (Å²) in [6, 6.07) is 0. The van der Waals surface area contributed by atoms with Gasteiger partial charge in [-0.2, -0.15) is 5.10 Å². The van der Waals surface area contributed by atoms with Crippen molar-refractivity contribution in [3.05, 3.63) is 17.0 Å². The average molecular weight is 239 g/mol. The van der Waals surface area contributed by atoms with Crippen LogP contribution >= 0.6 is 0 Å². The van der Waals surface area contributed by atoms with E-state index in [2.05, 4.69) is 10.2 Å². The van der Waals surface area contributed by atoms with Crippen molar-refractivity contribution in [1.82, 2.24) is 15.1 Å². The lowest BCUT2D eigenvalue weighted by molar-refractivity contribution is 0.0689. The van der Waals surface area contributed by atoms with Gasteiger partial charge in [-0.25, -0.2) is 9.59 Å². The molecule has 0 fully saturated rings. The fourth-order valence-electron chi connectivity index (χ4n) is 1.87. The third-order valence-corrected chi connectivity index (χ3v) is 2.66. The van der Waals surface area contributed by atoms with Crippen LogP contribution in [0.3, 0.4) is 0 Å². The van der Waals surface area contributed by atoms with Gasteiger partial charge in [-0.05, 0) is 13.3 Å². The highest BCUT2D eigenvalue weighted by Crippen LogP contribution is 2.20. The first-order valence-corrected chi connectivity index (χ1v) is 5.34. The molecule has 17 heavy (non-hydrogen) atoms. The molecule has 0 spiro atoms. The minimum Gasteiger partial charge on any atom is -0.476 e. The van der Waals surface area contributed by atoms with Crippen molar-refractivity contribution in [2.75, 3.05) is 13.2 Å². The van der Waals surface area contributed by atoms with E-state index in [1.54, 1.807) is 6.92 Å². The molecule has 1 aliphatic heterocycles. The number of hydrogen-bond donors (Lipinski definition) is 2. The number of aromatic amines is 1. The first-order valence-electron chi connectivity index (χ1n) is 5.34. The van der Waals surface area contributed by atoms with Crippen LogP contribution in [0.5, 0.6) is 0 Å². The van der Waals surface area contributed by atoms with Crippen LogP contribution in [-0.4, -0.2) is 45.4 Å². The summed E-state index contributed by atoms with van der Waals surface area (Å²) >= 11 is 0. The second kappa shape index (κ2) is 4.44. The van der Waals surface area contributed by atoms with Gasteiger partial charge in [0.15, 0.2) is 5.69 Å². The fraction of sp³-hybridized carbons (Fsp3) is 0.500. The van der Waals surface area contributed by atoms with E-state index in [4.69, 9.17) is 9.84 Å². The summed E-state index contributed by atoms with van der Waals surface area (Å²) in [6.07, 6.45) is 0.0938. The summed E-state index contributed by atoms with van der Waals surface area (Å²) < 4.78 is 4.89. The topological polar surface area (TPSA) is 95.5 Å². The van der Waals surface area contributed by atoms with E-state index in [0.29, 0.717) is 37.4 Å². The Balaban J connectivity index is 2.15. The van der Waals surface area contributed by atoms with Crippen LogP contribution in [0.25, 0.3) is 0 Å². The minimum absolute atomic E-state index is 0.0449. The van der Waals surface area contributed by atoms with Gasteiger partial charge >= 0.3 is 12.1 Å². The van der Waals surface area contributed by atoms with Gasteiger partial charge in [0.05, 0.1) is 18.8 Å². The number of rotatable bonds is 2. The van der Waals surface area contributed by atoms with E-state index >= 15 is 0 Å². The van der Waals surface area contributed by atoms with Crippen LogP contribution in [0.1, 0.15) is 28.7 Å². The van der Waals surface area contributed by atoms with Gasteiger partial charge < -0.3 is 14.7 Å². The summed E-state index contributed by atoms with van der Waals surface area (Å²) in [4.78, 5) is 23.9. The zero-order chi connectivity index (χ0) is 12.4. The highest BCUT2D eigenvalue weighted by Gasteiger charge is 2.27. The standard InChI is InChI=1S/C10H13N3O4/c1-2-17-10(16)13-4-3-6-7(5-13)11-12-8(6)9(14)15/h2-5H2,1H3,(H,11,12)(H,14,15). The lowest BCUT2D eigenvalue weighted by Gasteiger charge is -2.25. The highest BCUT2D eigenvalue weighted by atomic mass is 16.6. The number of carbonyl (C=O) groups is 2. The Morgan fingerprint density at radius 1 is 1.59 bits per heavy atom. The molecule has 0 radical (unpaired) electrons. The Hall–Kier alpha value is -2.05. The van der Waals surface area contributed by atoms with Crippen LogP contribution in [0, 0.1) is 0 Å². The normalized spacial score (nSPS) is 14.3. The van der Waals surface area contributed by atoms with Gasteiger partial charge in [0.2, 0.25) is 0 Å². The number of aromatic nitrogens is 2. The molecule has 0 saturated carbocycles. The number of ether oxygens (including phenoxy) is 1. The number of carbonyl (C=O) groups excluding carboxylic acids is 1. The molecule has 1 amide bonds.